The molecular formula is C10H11ClN2OS. The standard InChI is InChI=1S/C10H11ClN2OS/c1-7(12-13-10(14)6-15)8-4-2-3-5-9(8)11/h2-5,15H,6H2,1H3,(H,13,14)/b12-7+. The van der Waals surface area contributed by atoms with Crippen molar-refractivity contribution in [3.05, 3.63) is 34.9 Å². The molecule has 0 aliphatic heterocycles. The summed E-state index contributed by atoms with van der Waals surface area (Å²) in [6.45, 7) is 1.78. The molecule has 0 saturated heterocycles. The van der Waals surface area contributed by atoms with Crippen LogP contribution in [0.5, 0.6) is 0 Å². The molecule has 0 fully saturated rings. The van der Waals surface area contributed by atoms with Crippen LogP contribution in [0.25, 0.3) is 0 Å². The summed E-state index contributed by atoms with van der Waals surface area (Å²) in [5.41, 5.74) is 3.84. The molecule has 1 amide bonds. The summed E-state index contributed by atoms with van der Waals surface area (Å²) in [7, 11) is 0. The van der Waals surface area contributed by atoms with Crippen molar-refractivity contribution >= 4 is 35.8 Å². The van der Waals surface area contributed by atoms with Gasteiger partial charge in [-0.05, 0) is 13.0 Å². The lowest BCUT2D eigenvalue weighted by atomic mass is 10.1. The van der Waals surface area contributed by atoms with Crippen molar-refractivity contribution in [2.75, 3.05) is 5.75 Å². The minimum Gasteiger partial charge on any atom is -0.272 e. The lowest BCUT2D eigenvalue weighted by molar-refractivity contribution is -0.118. The maximum absolute atomic E-state index is 10.9. The van der Waals surface area contributed by atoms with E-state index < -0.39 is 0 Å². The molecular weight excluding hydrogens is 232 g/mol. The van der Waals surface area contributed by atoms with E-state index in [0.717, 1.165) is 5.56 Å². The van der Waals surface area contributed by atoms with Crippen molar-refractivity contribution in [1.82, 2.24) is 5.43 Å². The van der Waals surface area contributed by atoms with Gasteiger partial charge >= 0.3 is 0 Å². The maximum atomic E-state index is 10.9. The lowest BCUT2D eigenvalue weighted by Gasteiger charge is -2.03. The average molecular weight is 243 g/mol. The number of hydrogen-bond donors (Lipinski definition) is 2. The van der Waals surface area contributed by atoms with E-state index in [1.54, 1.807) is 13.0 Å². The molecule has 1 N–H and O–H groups in total. The highest BCUT2D eigenvalue weighted by molar-refractivity contribution is 7.81. The van der Waals surface area contributed by atoms with Crippen molar-refractivity contribution in [3.63, 3.8) is 0 Å². The third-order valence-electron chi connectivity index (χ3n) is 1.76. The highest BCUT2D eigenvalue weighted by atomic mass is 35.5. The number of halogens is 1. The fourth-order valence-corrected chi connectivity index (χ4v) is 1.34. The summed E-state index contributed by atoms with van der Waals surface area (Å²) >= 11 is 9.78. The predicted octanol–water partition coefficient (Wildman–Crippen LogP) is 2.11. The van der Waals surface area contributed by atoms with E-state index in [0.29, 0.717) is 10.7 Å². The quantitative estimate of drug-likeness (QED) is 0.476. The Morgan fingerprint density at radius 2 is 2.20 bits per heavy atom. The normalized spacial score (nSPS) is 11.3. The van der Waals surface area contributed by atoms with Gasteiger partial charge in [-0.1, -0.05) is 29.8 Å². The first-order valence-electron chi connectivity index (χ1n) is 4.34. The Balaban J connectivity index is 2.80. The van der Waals surface area contributed by atoms with E-state index in [1.165, 1.54) is 0 Å². The van der Waals surface area contributed by atoms with Gasteiger partial charge in [-0.3, -0.25) is 4.79 Å². The summed E-state index contributed by atoms with van der Waals surface area (Å²) < 4.78 is 0. The predicted molar refractivity (Wildman–Crippen MR) is 65.7 cm³/mol. The molecule has 1 rings (SSSR count). The number of hydrazone groups is 1. The molecule has 80 valence electrons. The molecule has 0 saturated carbocycles. The SMILES string of the molecule is C/C(=N\NC(=O)CS)c1ccccc1Cl. The first kappa shape index (κ1) is 12.1. The number of carbonyl (C=O) groups excluding carboxylic acids is 1. The number of nitrogens with zero attached hydrogens (tertiary/aromatic N) is 1. The Morgan fingerprint density at radius 3 is 2.80 bits per heavy atom. The van der Waals surface area contributed by atoms with Gasteiger partial charge in [0.1, 0.15) is 0 Å². The van der Waals surface area contributed by atoms with Gasteiger partial charge in [-0.2, -0.15) is 17.7 Å². The molecule has 0 atom stereocenters. The van der Waals surface area contributed by atoms with E-state index in [1.807, 2.05) is 18.2 Å². The lowest BCUT2D eigenvalue weighted by Crippen LogP contribution is -2.20. The van der Waals surface area contributed by atoms with Gasteiger partial charge in [-0.25, -0.2) is 5.43 Å². The Bertz CT molecular complexity index is 393. The molecule has 3 nitrogen and oxygen atoms in total. The molecule has 1 aromatic rings. The van der Waals surface area contributed by atoms with E-state index >= 15 is 0 Å². The van der Waals surface area contributed by atoms with Crippen molar-refractivity contribution < 1.29 is 4.79 Å². The minimum atomic E-state index is -0.246. The average Bonchev–Trinajstić information content (AvgIpc) is 2.26. The first-order valence-corrected chi connectivity index (χ1v) is 5.35. The molecule has 15 heavy (non-hydrogen) atoms. The second-order valence-corrected chi connectivity index (χ2v) is 3.59. The highest BCUT2D eigenvalue weighted by Crippen LogP contribution is 2.15. The van der Waals surface area contributed by atoms with Gasteiger partial charge < -0.3 is 0 Å². The Morgan fingerprint density at radius 1 is 1.53 bits per heavy atom. The summed E-state index contributed by atoms with van der Waals surface area (Å²) in [6.07, 6.45) is 0. The van der Waals surface area contributed by atoms with Crippen molar-refractivity contribution in [3.8, 4) is 0 Å². The van der Waals surface area contributed by atoms with Crippen LogP contribution in [-0.2, 0) is 4.79 Å². The van der Waals surface area contributed by atoms with Gasteiger partial charge in [0, 0.05) is 10.6 Å². The molecule has 0 bridgehead atoms. The topological polar surface area (TPSA) is 41.5 Å². The van der Waals surface area contributed by atoms with Crippen LogP contribution in [0.3, 0.4) is 0 Å². The largest absolute Gasteiger partial charge is 0.272 e. The van der Waals surface area contributed by atoms with E-state index in [-0.39, 0.29) is 11.7 Å². The molecule has 0 spiro atoms. The Labute approximate surface area is 98.9 Å². The van der Waals surface area contributed by atoms with Crippen LogP contribution in [0.1, 0.15) is 12.5 Å². The third-order valence-corrected chi connectivity index (χ3v) is 2.37. The number of amides is 1. The van der Waals surface area contributed by atoms with Crippen LogP contribution in [0, 0.1) is 0 Å². The van der Waals surface area contributed by atoms with Crippen LogP contribution < -0.4 is 5.43 Å². The van der Waals surface area contributed by atoms with Crippen LogP contribution in [0.2, 0.25) is 5.02 Å². The first-order chi connectivity index (χ1) is 7.15. The van der Waals surface area contributed by atoms with E-state index in [9.17, 15) is 4.79 Å². The van der Waals surface area contributed by atoms with Gasteiger partial charge in [-0.15, -0.1) is 0 Å². The van der Waals surface area contributed by atoms with Crippen molar-refractivity contribution in [2.45, 2.75) is 6.92 Å². The summed E-state index contributed by atoms with van der Waals surface area (Å²) in [5, 5.41) is 4.52. The van der Waals surface area contributed by atoms with Gasteiger partial charge in [0.25, 0.3) is 0 Å². The monoisotopic (exact) mass is 242 g/mol. The maximum Gasteiger partial charge on any atom is 0.249 e. The fraction of sp³-hybridized carbons (Fsp3) is 0.200. The Hall–Kier alpha value is -1.00. The molecule has 5 heteroatoms. The molecule has 0 unspecified atom stereocenters. The summed E-state index contributed by atoms with van der Waals surface area (Å²) in [5.74, 6) is -0.135. The zero-order valence-electron chi connectivity index (χ0n) is 8.20. The third kappa shape index (κ3) is 3.57. The molecule has 0 aliphatic carbocycles. The second-order valence-electron chi connectivity index (χ2n) is 2.87. The van der Waals surface area contributed by atoms with E-state index in [2.05, 4.69) is 23.2 Å². The summed E-state index contributed by atoms with van der Waals surface area (Å²) in [4.78, 5) is 10.9. The van der Waals surface area contributed by atoms with Gasteiger partial charge in [0.2, 0.25) is 5.91 Å². The number of thiol groups is 1. The zero-order valence-corrected chi connectivity index (χ0v) is 9.85. The van der Waals surface area contributed by atoms with Crippen LogP contribution in [0.4, 0.5) is 0 Å². The smallest absolute Gasteiger partial charge is 0.249 e. The van der Waals surface area contributed by atoms with Gasteiger partial charge in [0.15, 0.2) is 0 Å². The van der Waals surface area contributed by atoms with Crippen molar-refractivity contribution in [2.24, 2.45) is 5.10 Å². The molecule has 0 heterocycles. The summed E-state index contributed by atoms with van der Waals surface area (Å²) in [6, 6.07) is 7.32. The number of rotatable bonds is 3. The number of carbonyl (C=O) groups is 1. The second kappa shape index (κ2) is 5.78. The number of hydrogen-bond acceptors (Lipinski definition) is 3. The fourth-order valence-electron chi connectivity index (χ4n) is 0.996. The van der Waals surface area contributed by atoms with Crippen LogP contribution in [-0.4, -0.2) is 17.4 Å². The molecule has 1 aromatic carbocycles. The Kier molecular flexibility index (Phi) is 4.65. The molecule has 0 radical (unpaired) electrons. The van der Waals surface area contributed by atoms with Crippen LogP contribution in [0.15, 0.2) is 29.4 Å². The van der Waals surface area contributed by atoms with E-state index in [4.69, 9.17) is 11.6 Å². The molecule has 0 aliphatic rings. The molecule has 0 aromatic heterocycles. The van der Waals surface area contributed by atoms with Gasteiger partial charge in [0.05, 0.1) is 11.5 Å². The van der Waals surface area contributed by atoms with Crippen molar-refractivity contribution in [1.29, 1.82) is 0 Å². The minimum absolute atomic E-state index is 0.110. The zero-order chi connectivity index (χ0) is 11.3. The highest BCUT2D eigenvalue weighted by Gasteiger charge is 2.02. The number of benzene rings is 1. The number of nitrogens with one attached hydrogen (secondary N) is 1. The van der Waals surface area contributed by atoms with Crippen LogP contribution >= 0.6 is 24.2 Å².